The van der Waals surface area contributed by atoms with Gasteiger partial charge in [0.2, 0.25) is 0 Å². The van der Waals surface area contributed by atoms with Gasteiger partial charge in [-0.05, 0) is 55.0 Å². The van der Waals surface area contributed by atoms with E-state index in [4.69, 9.17) is 9.72 Å². The fourth-order valence-electron chi connectivity index (χ4n) is 2.76. The number of rotatable bonds is 4. The zero-order valence-electron chi connectivity index (χ0n) is 14.1. The molecule has 25 heavy (non-hydrogen) atoms. The third-order valence-electron chi connectivity index (χ3n) is 4.03. The number of ether oxygens (including phenoxy) is 1. The van der Waals surface area contributed by atoms with Gasteiger partial charge in [-0.25, -0.2) is 4.98 Å². The molecule has 0 fully saturated rings. The van der Waals surface area contributed by atoms with Gasteiger partial charge in [0.15, 0.2) is 0 Å². The Labute approximate surface area is 145 Å². The van der Waals surface area contributed by atoms with Gasteiger partial charge < -0.3 is 10.1 Å². The number of pyridine rings is 2. The highest BCUT2D eigenvalue weighted by molar-refractivity contribution is 5.78. The Balaban J connectivity index is 1.85. The van der Waals surface area contributed by atoms with Crippen LogP contribution in [0.2, 0.25) is 0 Å². The lowest BCUT2D eigenvalue weighted by Gasteiger charge is -2.09. The zero-order chi connectivity index (χ0) is 17.2. The van der Waals surface area contributed by atoms with E-state index in [2.05, 4.69) is 33.9 Å². The minimum Gasteiger partial charge on any atom is -0.497 e. The molecule has 3 heterocycles. The summed E-state index contributed by atoms with van der Waals surface area (Å²) in [4.78, 5) is 9.23. The van der Waals surface area contributed by atoms with Crippen molar-refractivity contribution in [3.63, 3.8) is 0 Å². The first kappa shape index (κ1) is 15.2. The van der Waals surface area contributed by atoms with Crippen LogP contribution in [0.1, 0.15) is 5.56 Å². The summed E-state index contributed by atoms with van der Waals surface area (Å²) in [6.07, 6.45) is 3.85. The molecule has 0 radical (unpaired) electrons. The van der Waals surface area contributed by atoms with Crippen LogP contribution in [0, 0.1) is 6.92 Å². The summed E-state index contributed by atoms with van der Waals surface area (Å²) >= 11 is 0. The second kappa shape index (κ2) is 6.28. The van der Waals surface area contributed by atoms with Crippen LogP contribution in [0.3, 0.4) is 0 Å². The van der Waals surface area contributed by atoms with E-state index >= 15 is 0 Å². The summed E-state index contributed by atoms with van der Waals surface area (Å²) < 4.78 is 7.29. The molecule has 0 unspecified atom stereocenters. The zero-order valence-corrected chi connectivity index (χ0v) is 14.1. The maximum Gasteiger partial charge on any atom is 0.144 e. The van der Waals surface area contributed by atoms with Crippen LogP contribution in [0.4, 0.5) is 11.5 Å². The fraction of sp³-hybridized carbons (Fsp3) is 0.100. The Bertz CT molecular complexity index is 1010. The predicted octanol–water partition coefficient (Wildman–Crippen LogP) is 4.46. The first-order valence-electron chi connectivity index (χ1n) is 8.06. The maximum atomic E-state index is 5.23. The molecule has 5 heteroatoms. The molecule has 0 aliphatic rings. The van der Waals surface area contributed by atoms with Crippen molar-refractivity contribution in [2.75, 3.05) is 12.4 Å². The van der Waals surface area contributed by atoms with Gasteiger partial charge in [-0.2, -0.15) is 0 Å². The molecule has 0 spiro atoms. The third kappa shape index (κ3) is 2.92. The van der Waals surface area contributed by atoms with Crippen LogP contribution in [-0.2, 0) is 0 Å². The third-order valence-corrected chi connectivity index (χ3v) is 4.03. The van der Waals surface area contributed by atoms with Crippen molar-refractivity contribution >= 4 is 17.2 Å². The quantitative estimate of drug-likeness (QED) is 0.600. The monoisotopic (exact) mass is 330 g/mol. The number of benzene rings is 1. The molecule has 0 amide bonds. The van der Waals surface area contributed by atoms with Gasteiger partial charge in [-0.3, -0.25) is 9.38 Å². The average molecular weight is 330 g/mol. The number of aromatic nitrogens is 3. The first-order valence-corrected chi connectivity index (χ1v) is 8.06. The second-order valence-corrected chi connectivity index (χ2v) is 5.81. The summed E-state index contributed by atoms with van der Waals surface area (Å²) in [5.41, 5.74) is 4.65. The first-order chi connectivity index (χ1) is 12.2. The second-order valence-electron chi connectivity index (χ2n) is 5.81. The Morgan fingerprint density at radius 2 is 1.84 bits per heavy atom. The molecule has 1 N–H and O–H groups in total. The molecular weight excluding hydrogens is 312 g/mol. The van der Waals surface area contributed by atoms with Crippen molar-refractivity contribution in [3.05, 3.63) is 72.6 Å². The van der Waals surface area contributed by atoms with Gasteiger partial charge in [0.1, 0.15) is 22.9 Å². The van der Waals surface area contributed by atoms with Crippen molar-refractivity contribution in [1.29, 1.82) is 0 Å². The molecule has 3 aromatic heterocycles. The van der Waals surface area contributed by atoms with Crippen molar-refractivity contribution in [2.45, 2.75) is 6.92 Å². The minimum atomic E-state index is 0.821. The van der Waals surface area contributed by atoms with Crippen LogP contribution in [0.5, 0.6) is 5.75 Å². The largest absolute Gasteiger partial charge is 0.497 e. The highest BCUT2D eigenvalue weighted by atomic mass is 16.5. The van der Waals surface area contributed by atoms with E-state index in [1.807, 2.05) is 48.5 Å². The summed E-state index contributed by atoms with van der Waals surface area (Å²) in [6.45, 7) is 2.07. The molecule has 0 bridgehead atoms. The van der Waals surface area contributed by atoms with E-state index in [1.54, 1.807) is 13.3 Å². The fourth-order valence-corrected chi connectivity index (χ4v) is 2.76. The van der Waals surface area contributed by atoms with Gasteiger partial charge in [-0.15, -0.1) is 0 Å². The van der Waals surface area contributed by atoms with E-state index in [0.717, 1.165) is 39.9 Å². The number of aryl methyl sites for hydroxylation is 1. The molecule has 0 aliphatic carbocycles. The number of nitrogens with one attached hydrogen (secondary N) is 1. The standard InChI is InChI=1S/C20H18N4O/c1-14-6-11-18-23-19(17-5-3-4-12-21-17)20(24(18)13-14)22-15-7-9-16(25-2)10-8-15/h3-13,22H,1-2H3. The number of hydrogen-bond acceptors (Lipinski definition) is 4. The van der Waals surface area contributed by atoms with Crippen molar-refractivity contribution in [3.8, 4) is 17.1 Å². The SMILES string of the molecule is COc1ccc(Nc2c(-c3ccccn3)nc3ccc(C)cn23)cc1. The van der Waals surface area contributed by atoms with Gasteiger partial charge in [0, 0.05) is 18.1 Å². The number of anilines is 2. The minimum absolute atomic E-state index is 0.821. The van der Waals surface area contributed by atoms with E-state index in [-0.39, 0.29) is 0 Å². The van der Waals surface area contributed by atoms with Crippen molar-refractivity contribution < 1.29 is 4.74 Å². The van der Waals surface area contributed by atoms with Crippen LogP contribution in [0.25, 0.3) is 17.0 Å². The van der Waals surface area contributed by atoms with Crippen LogP contribution in [-0.4, -0.2) is 21.5 Å². The van der Waals surface area contributed by atoms with E-state index < -0.39 is 0 Å². The van der Waals surface area contributed by atoms with Gasteiger partial charge in [-0.1, -0.05) is 12.1 Å². The Morgan fingerprint density at radius 3 is 2.56 bits per heavy atom. The highest BCUT2D eigenvalue weighted by Gasteiger charge is 2.15. The van der Waals surface area contributed by atoms with Crippen molar-refractivity contribution in [2.24, 2.45) is 0 Å². The Morgan fingerprint density at radius 1 is 1.00 bits per heavy atom. The molecule has 4 rings (SSSR count). The lowest BCUT2D eigenvalue weighted by atomic mass is 10.2. The number of hydrogen-bond donors (Lipinski definition) is 1. The van der Waals surface area contributed by atoms with E-state index in [1.165, 1.54) is 0 Å². The molecule has 0 atom stereocenters. The number of imidazole rings is 1. The number of nitrogens with zero attached hydrogens (tertiary/aromatic N) is 3. The Hall–Kier alpha value is -3.34. The molecule has 5 nitrogen and oxygen atoms in total. The molecule has 0 saturated heterocycles. The average Bonchev–Trinajstić information content (AvgIpc) is 3.01. The molecule has 0 aliphatic heterocycles. The number of fused-ring (bicyclic) bond motifs is 1. The lowest BCUT2D eigenvalue weighted by Crippen LogP contribution is -1.98. The van der Waals surface area contributed by atoms with Crippen LogP contribution in [0.15, 0.2) is 67.0 Å². The van der Waals surface area contributed by atoms with Gasteiger partial charge >= 0.3 is 0 Å². The van der Waals surface area contributed by atoms with Crippen molar-refractivity contribution in [1.82, 2.24) is 14.4 Å². The molecule has 4 aromatic rings. The van der Waals surface area contributed by atoms with Crippen LogP contribution >= 0.6 is 0 Å². The maximum absolute atomic E-state index is 5.23. The summed E-state index contributed by atoms with van der Waals surface area (Å²) in [6, 6.07) is 17.7. The topological polar surface area (TPSA) is 51.5 Å². The van der Waals surface area contributed by atoms with E-state index in [9.17, 15) is 0 Å². The Kier molecular flexibility index (Phi) is 3.82. The normalized spacial score (nSPS) is 10.8. The highest BCUT2D eigenvalue weighted by Crippen LogP contribution is 2.30. The lowest BCUT2D eigenvalue weighted by molar-refractivity contribution is 0.415. The molecular formula is C20H18N4O. The summed E-state index contributed by atoms with van der Waals surface area (Å²) in [7, 11) is 1.66. The van der Waals surface area contributed by atoms with Crippen LogP contribution < -0.4 is 10.1 Å². The smallest absolute Gasteiger partial charge is 0.144 e. The van der Waals surface area contributed by atoms with E-state index in [0.29, 0.717) is 0 Å². The molecule has 1 aromatic carbocycles. The molecule has 0 saturated carbocycles. The number of methoxy groups -OCH3 is 1. The summed E-state index contributed by atoms with van der Waals surface area (Å²) in [5, 5.41) is 3.48. The van der Waals surface area contributed by atoms with Gasteiger partial charge in [0.05, 0.1) is 12.8 Å². The summed E-state index contributed by atoms with van der Waals surface area (Å²) in [5.74, 6) is 1.71. The molecule has 124 valence electrons. The predicted molar refractivity (Wildman–Crippen MR) is 99.4 cm³/mol. The van der Waals surface area contributed by atoms with Gasteiger partial charge in [0.25, 0.3) is 0 Å².